The number of para-hydroxylation sites is 1. The van der Waals surface area contributed by atoms with E-state index in [0.717, 1.165) is 35.3 Å². The van der Waals surface area contributed by atoms with Crippen LogP contribution in [-0.4, -0.2) is 27.1 Å². The fraction of sp³-hybridized carbons (Fsp3) is 0.241. The Morgan fingerprint density at radius 3 is 2.49 bits per heavy atom. The molecule has 0 unspecified atom stereocenters. The van der Waals surface area contributed by atoms with Gasteiger partial charge >= 0.3 is 0 Å². The number of halogens is 1. The first kappa shape index (κ1) is 22.8. The molecule has 1 aliphatic rings. The standard InChI is InChI=1S/C29H28FN3O2/c1-20-9-8-12-24(17-20)35-29-26(21(2)31-33(29)23-10-4-3-5-11-23)19-32(18-22-15-16-22)28(34)25-13-6-7-14-27(25)30/h3-14,17,22H,15-16,18-19H2,1-2H3. The Labute approximate surface area is 204 Å². The van der Waals surface area contributed by atoms with Crippen LogP contribution >= 0.6 is 0 Å². The number of benzene rings is 3. The van der Waals surface area contributed by atoms with Crippen LogP contribution in [0.25, 0.3) is 5.69 Å². The first-order valence-corrected chi connectivity index (χ1v) is 11.9. The van der Waals surface area contributed by atoms with Gasteiger partial charge in [0.2, 0.25) is 5.88 Å². The minimum Gasteiger partial charge on any atom is -0.439 e. The van der Waals surface area contributed by atoms with E-state index < -0.39 is 5.82 Å². The molecule has 1 amide bonds. The highest BCUT2D eigenvalue weighted by Crippen LogP contribution is 2.35. The van der Waals surface area contributed by atoms with Gasteiger partial charge in [-0.1, -0.05) is 42.5 Å². The summed E-state index contributed by atoms with van der Waals surface area (Å²) in [7, 11) is 0. The fourth-order valence-electron chi connectivity index (χ4n) is 4.19. The quantitative estimate of drug-likeness (QED) is 0.297. The van der Waals surface area contributed by atoms with Crippen LogP contribution in [-0.2, 0) is 6.54 Å². The van der Waals surface area contributed by atoms with E-state index >= 15 is 0 Å². The average Bonchev–Trinajstić information content (AvgIpc) is 3.63. The number of ether oxygens (including phenoxy) is 1. The van der Waals surface area contributed by atoms with Gasteiger partial charge in [-0.05, 0) is 74.6 Å². The van der Waals surface area contributed by atoms with Crippen molar-refractivity contribution in [1.82, 2.24) is 14.7 Å². The van der Waals surface area contributed by atoms with Crippen molar-refractivity contribution in [2.75, 3.05) is 6.54 Å². The van der Waals surface area contributed by atoms with E-state index in [1.165, 1.54) is 6.07 Å². The van der Waals surface area contributed by atoms with E-state index in [0.29, 0.717) is 24.1 Å². The zero-order chi connectivity index (χ0) is 24.4. The van der Waals surface area contributed by atoms with E-state index in [-0.39, 0.29) is 18.0 Å². The average molecular weight is 470 g/mol. The summed E-state index contributed by atoms with van der Waals surface area (Å²) in [6, 6.07) is 23.8. The maximum Gasteiger partial charge on any atom is 0.257 e. The molecule has 4 aromatic rings. The normalized spacial score (nSPS) is 13.0. The van der Waals surface area contributed by atoms with Gasteiger partial charge < -0.3 is 9.64 Å². The van der Waals surface area contributed by atoms with Gasteiger partial charge in [0.1, 0.15) is 11.6 Å². The molecular formula is C29H28FN3O2. The first-order chi connectivity index (χ1) is 17.0. The van der Waals surface area contributed by atoms with Crippen molar-refractivity contribution in [3.05, 3.63) is 107 Å². The highest BCUT2D eigenvalue weighted by molar-refractivity contribution is 5.94. The third-order valence-corrected chi connectivity index (χ3v) is 6.26. The summed E-state index contributed by atoms with van der Waals surface area (Å²) >= 11 is 0. The monoisotopic (exact) mass is 469 g/mol. The number of hydrogen-bond donors (Lipinski definition) is 0. The van der Waals surface area contributed by atoms with Crippen molar-refractivity contribution >= 4 is 5.91 Å². The van der Waals surface area contributed by atoms with Crippen molar-refractivity contribution in [2.24, 2.45) is 5.92 Å². The van der Waals surface area contributed by atoms with E-state index in [4.69, 9.17) is 9.84 Å². The van der Waals surface area contributed by atoms with Gasteiger partial charge in [0.25, 0.3) is 5.91 Å². The zero-order valence-electron chi connectivity index (χ0n) is 19.9. The second-order valence-corrected chi connectivity index (χ2v) is 9.14. The van der Waals surface area contributed by atoms with Gasteiger partial charge in [0, 0.05) is 6.54 Å². The highest BCUT2D eigenvalue weighted by atomic mass is 19.1. The lowest BCUT2D eigenvalue weighted by molar-refractivity contribution is 0.0729. The maximum atomic E-state index is 14.5. The van der Waals surface area contributed by atoms with Crippen molar-refractivity contribution < 1.29 is 13.9 Å². The SMILES string of the molecule is Cc1cccc(Oc2c(CN(CC3CC3)C(=O)c3ccccc3F)c(C)nn2-c2ccccc2)c1. The summed E-state index contributed by atoms with van der Waals surface area (Å²) in [6.45, 7) is 4.79. The molecule has 0 N–H and O–H groups in total. The lowest BCUT2D eigenvalue weighted by Gasteiger charge is -2.23. The van der Waals surface area contributed by atoms with Crippen LogP contribution < -0.4 is 4.74 Å². The molecule has 35 heavy (non-hydrogen) atoms. The molecule has 0 radical (unpaired) electrons. The van der Waals surface area contributed by atoms with Crippen LogP contribution in [0.5, 0.6) is 11.6 Å². The summed E-state index contributed by atoms with van der Waals surface area (Å²) < 4.78 is 22.7. The minimum absolute atomic E-state index is 0.0856. The number of rotatable bonds is 8. The van der Waals surface area contributed by atoms with Crippen LogP contribution in [0.15, 0.2) is 78.9 Å². The van der Waals surface area contributed by atoms with Crippen molar-refractivity contribution in [3.63, 3.8) is 0 Å². The van der Waals surface area contributed by atoms with Crippen LogP contribution in [0.3, 0.4) is 0 Å². The van der Waals surface area contributed by atoms with Gasteiger partial charge in [0.05, 0.1) is 29.1 Å². The number of hydrogen-bond acceptors (Lipinski definition) is 3. The summed E-state index contributed by atoms with van der Waals surface area (Å²) in [4.78, 5) is 15.2. The van der Waals surface area contributed by atoms with Crippen molar-refractivity contribution in [1.29, 1.82) is 0 Å². The molecule has 0 aliphatic heterocycles. The molecule has 5 nitrogen and oxygen atoms in total. The molecule has 6 heteroatoms. The zero-order valence-corrected chi connectivity index (χ0v) is 19.9. The van der Waals surface area contributed by atoms with Crippen LogP contribution in [0, 0.1) is 25.6 Å². The fourth-order valence-corrected chi connectivity index (χ4v) is 4.19. The third-order valence-electron chi connectivity index (χ3n) is 6.26. The molecule has 0 spiro atoms. The second kappa shape index (κ2) is 9.74. The number of carbonyl (C=O) groups is 1. The number of aryl methyl sites for hydroxylation is 2. The highest BCUT2D eigenvalue weighted by Gasteiger charge is 2.31. The molecule has 1 saturated carbocycles. The van der Waals surface area contributed by atoms with E-state index in [1.807, 2.05) is 68.4 Å². The molecule has 0 bridgehead atoms. The van der Waals surface area contributed by atoms with E-state index in [1.54, 1.807) is 27.8 Å². The Kier molecular flexibility index (Phi) is 6.36. The Morgan fingerprint density at radius 2 is 1.77 bits per heavy atom. The Balaban J connectivity index is 1.56. The minimum atomic E-state index is -0.508. The Hall–Kier alpha value is -3.93. The second-order valence-electron chi connectivity index (χ2n) is 9.14. The van der Waals surface area contributed by atoms with Crippen LogP contribution in [0.2, 0.25) is 0 Å². The van der Waals surface area contributed by atoms with Gasteiger partial charge in [-0.25, -0.2) is 9.07 Å². The number of aromatic nitrogens is 2. The lowest BCUT2D eigenvalue weighted by Crippen LogP contribution is -2.33. The Bertz CT molecular complexity index is 1350. The molecular weight excluding hydrogens is 441 g/mol. The number of amides is 1. The van der Waals surface area contributed by atoms with Crippen molar-refractivity contribution in [2.45, 2.75) is 33.2 Å². The predicted octanol–water partition coefficient (Wildman–Crippen LogP) is 6.47. The molecule has 5 rings (SSSR count). The molecule has 1 heterocycles. The molecule has 178 valence electrons. The first-order valence-electron chi connectivity index (χ1n) is 11.9. The summed E-state index contributed by atoms with van der Waals surface area (Å²) in [5.74, 6) is 0.866. The number of nitrogens with zero attached hydrogens (tertiary/aromatic N) is 3. The topological polar surface area (TPSA) is 47.4 Å². The van der Waals surface area contributed by atoms with Gasteiger partial charge in [-0.15, -0.1) is 0 Å². The van der Waals surface area contributed by atoms with Gasteiger partial charge in [-0.3, -0.25) is 4.79 Å². The molecule has 1 aliphatic carbocycles. The van der Waals surface area contributed by atoms with E-state index in [2.05, 4.69) is 0 Å². The van der Waals surface area contributed by atoms with E-state index in [9.17, 15) is 9.18 Å². The largest absolute Gasteiger partial charge is 0.439 e. The molecule has 3 aromatic carbocycles. The Morgan fingerprint density at radius 1 is 1.03 bits per heavy atom. The van der Waals surface area contributed by atoms with Crippen molar-refractivity contribution in [3.8, 4) is 17.3 Å². The van der Waals surface area contributed by atoms with Crippen LogP contribution in [0.4, 0.5) is 4.39 Å². The van der Waals surface area contributed by atoms with Gasteiger partial charge in [0.15, 0.2) is 0 Å². The summed E-state index contributed by atoms with van der Waals surface area (Å²) in [6.07, 6.45) is 2.16. The molecule has 1 fully saturated rings. The summed E-state index contributed by atoms with van der Waals surface area (Å²) in [5.41, 5.74) is 3.59. The predicted molar refractivity (Wildman–Crippen MR) is 133 cm³/mol. The smallest absolute Gasteiger partial charge is 0.257 e. The van der Waals surface area contributed by atoms with Gasteiger partial charge in [-0.2, -0.15) is 5.10 Å². The molecule has 0 saturated heterocycles. The lowest BCUT2D eigenvalue weighted by atomic mass is 10.1. The molecule has 0 atom stereocenters. The maximum absolute atomic E-state index is 14.5. The molecule has 1 aromatic heterocycles. The number of carbonyl (C=O) groups excluding carboxylic acids is 1. The van der Waals surface area contributed by atoms with Crippen LogP contribution in [0.1, 0.15) is 40.0 Å². The third kappa shape index (κ3) is 5.11. The summed E-state index contributed by atoms with van der Waals surface area (Å²) in [5, 5.41) is 4.78.